The van der Waals surface area contributed by atoms with Crippen LogP contribution < -0.4 is 5.46 Å². The van der Waals surface area contributed by atoms with Crippen LogP contribution in [-0.2, 0) is 5.41 Å². The van der Waals surface area contributed by atoms with Gasteiger partial charge in [0.25, 0.3) is 5.69 Å². The molecule has 0 aliphatic carbocycles. The van der Waals surface area contributed by atoms with E-state index in [-0.39, 0.29) is 16.6 Å². The van der Waals surface area contributed by atoms with Crippen LogP contribution >= 0.6 is 0 Å². The maximum Gasteiger partial charge on any atom is 0.495 e. The van der Waals surface area contributed by atoms with Gasteiger partial charge in [0.05, 0.1) is 10.4 Å². The minimum absolute atomic E-state index is 0.0278. The smallest absolute Gasteiger partial charge is 0.423 e. The Morgan fingerprint density at radius 3 is 2.25 bits per heavy atom. The minimum Gasteiger partial charge on any atom is -0.423 e. The number of hydrogen-bond donors (Lipinski definition) is 2. The first-order valence-electron chi connectivity index (χ1n) is 4.89. The average molecular weight is 223 g/mol. The minimum atomic E-state index is -1.84. The summed E-state index contributed by atoms with van der Waals surface area (Å²) in [6, 6.07) is 4.48. The van der Waals surface area contributed by atoms with E-state index in [0.717, 1.165) is 0 Å². The van der Waals surface area contributed by atoms with Crippen LogP contribution in [0.15, 0.2) is 18.2 Å². The lowest BCUT2D eigenvalue weighted by Gasteiger charge is -2.22. The predicted molar refractivity (Wildman–Crippen MR) is 61.6 cm³/mol. The lowest BCUT2D eigenvalue weighted by atomic mass is 9.69. The quantitative estimate of drug-likeness (QED) is 0.436. The Kier molecular flexibility index (Phi) is 3.35. The highest BCUT2D eigenvalue weighted by Gasteiger charge is 2.31. The summed E-state index contributed by atoms with van der Waals surface area (Å²) in [6.45, 7) is 5.58. The molecule has 0 spiro atoms. The van der Waals surface area contributed by atoms with Crippen molar-refractivity contribution in [3.63, 3.8) is 0 Å². The number of benzene rings is 1. The van der Waals surface area contributed by atoms with E-state index in [1.165, 1.54) is 6.07 Å². The standard InChI is InChI=1S/C10H14BNO4/c1-10(2,3)7-5-4-6-8(12(15)16)9(7)11(13)14/h4-6,13-14H,1-3H3. The van der Waals surface area contributed by atoms with Crippen LogP contribution in [0, 0.1) is 10.1 Å². The zero-order valence-electron chi connectivity index (χ0n) is 9.47. The molecule has 0 aromatic heterocycles. The molecule has 1 aromatic carbocycles. The predicted octanol–water partition coefficient (Wildman–Crippen LogP) is 0.572. The molecule has 0 heterocycles. The van der Waals surface area contributed by atoms with Crippen molar-refractivity contribution in [2.24, 2.45) is 0 Å². The van der Waals surface area contributed by atoms with Crippen molar-refractivity contribution in [2.45, 2.75) is 26.2 Å². The molecule has 0 bridgehead atoms. The fourth-order valence-electron chi connectivity index (χ4n) is 1.64. The number of rotatable bonds is 2. The summed E-state index contributed by atoms with van der Waals surface area (Å²) in [5.41, 5.74) is -0.107. The Morgan fingerprint density at radius 2 is 1.88 bits per heavy atom. The van der Waals surface area contributed by atoms with Crippen LogP contribution in [0.5, 0.6) is 0 Å². The molecule has 0 amide bonds. The Morgan fingerprint density at radius 1 is 1.31 bits per heavy atom. The lowest BCUT2D eigenvalue weighted by Crippen LogP contribution is -2.38. The summed E-state index contributed by atoms with van der Waals surface area (Å²) in [6.07, 6.45) is 0. The fourth-order valence-corrected chi connectivity index (χ4v) is 1.64. The third kappa shape index (κ3) is 2.40. The van der Waals surface area contributed by atoms with Crippen molar-refractivity contribution in [1.82, 2.24) is 0 Å². The molecule has 0 aliphatic heterocycles. The van der Waals surface area contributed by atoms with Gasteiger partial charge in [0.15, 0.2) is 0 Å². The van der Waals surface area contributed by atoms with E-state index in [1.54, 1.807) is 12.1 Å². The Balaban J connectivity index is 3.51. The molecule has 0 fully saturated rings. The monoisotopic (exact) mass is 223 g/mol. The molecular formula is C10H14BNO4. The van der Waals surface area contributed by atoms with Crippen molar-refractivity contribution < 1.29 is 15.0 Å². The zero-order valence-corrected chi connectivity index (χ0v) is 9.47. The highest BCUT2D eigenvalue weighted by Crippen LogP contribution is 2.23. The van der Waals surface area contributed by atoms with Gasteiger partial charge in [-0.2, -0.15) is 0 Å². The summed E-state index contributed by atoms with van der Waals surface area (Å²) in [4.78, 5) is 10.2. The lowest BCUT2D eigenvalue weighted by molar-refractivity contribution is -0.383. The molecular weight excluding hydrogens is 209 g/mol. The van der Waals surface area contributed by atoms with Crippen molar-refractivity contribution in [3.8, 4) is 0 Å². The van der Waals surface area contributed by atoms with Crippen molar-refractivity contribution in [1.29, 1.82) is 0 Å². The van der Waals surface area contributed by atoms with Crippen LogP contribution in [0.3, 0.4) is 0 Å². The molecule has 86 valence electrons. The van der Waals surface area contributed by atoms with Crippen molar-refractivity contribution in [3.05, 3.63) is 33.9 Å². The summed E-state index contributed by atoms with van der Waals surface area (Å²) in [5, 5.41) is 29.3. The molecule has 6 heteroatoms. The van der Waals surface area contributed by atoms with Crippen molar-refractivity contribution in [2.75, 3.05) is 0 Å². The molecule has 0 saturated carbocycles. The van der Waals surface area contributed by atoms with Gasteiger partial charge in [-0.05, 0) is 11.0 Å². The van der Waals surface area contributed by atoms with E-state index in [2.05, 4.69) is 0 Å². The summed E-state index contributed by atoms with van der Waals surface area (Å²) in [7, 11) is -1.84. The van der Waals surface area contributed by atoms with Crippen LogP contribution in [-0.4, -0.2) is 22.1 Å². The van der Waals surface area contributed by atoms with Gasteiger partial charge in [0.2, 0.25) is 0 Å². The topological polar surface area (TPSA) is 83.6 Å². The van der Waals surface area contributed by atoms with E-state index in [1.807, 2.05) is 20.8 Å². The molecule has 16 heavy (non-hydrogen) atoms. The zero-order chi connectivity index (χ0) is 12.5. The number of nitro groups is 1. The van der Waals surface area contributed by atoms with Crippen LogP contribution in [0.4, 0.5) is 5.69 Å². The van der Waals surface area contributed by atoms with Crippen molar-refractivity contribution >= 4 is 18.3 Å². The van der Waals surface area contributed by atoms with E-state index in [0.29, 0.717) is 5.56 Å². The van der Waals surface area contributed by atoms with Gasteiger partial charge in [0.1, 0.15) is 0 Å². The van der Waals surface area contributed by atoms with Gasteiger partial charge in [-0.1, -0.05) is 32.9 Å². The number of nitrogens with zero attached hydrogens (tertiary/aromatic N) is 1. The number of nitro benzene ring substituents is 1. The first-order chi connectivity index (χ1) is 7.25. The van der Waals surface area contributed by atoms with Crippen LogP contribution in [0.2, 0.25) is 0 Å². The van der Waals surface area contributed by atoms with E-state index in [4.69, 9.17) is 0 Å². The van der Waals surface area contributed by atoms with Gasteiger partial charge in [0, 0.05) is 6.07 Å². The molecule has 0 saturated heterocycles. The van der Waals surface area contributed by atoms with Gasteiger partial charge in [-0.3, -0.25) is 10.1 Å². The van der Waals surface area contributed by atoms with Gasteiger partial charge < -0.3 is 10.0 Å². The normalized spacial score (nSPS) is 11.3. The van der Waals surface area contributed by atoms with Gasteiger partial charge in [-0.15, -0.1) is 0 Å². The largest absolute Gasteiger partial charge is 0.495 e. The summed E-state index contributed by atoms with van der Waals surface area (Å²) < 4.78 is 0. The highest BCUT2D eigenvalue weighted by atomic mass is 16.6. The summed E-state index contributed by atoms with van der Waals surface area (Å²) in [5.74, 6) is 0. The molecule has 0 unspecified atom stereocenters. The Bertz CT molecular complexity index is 412. The van der Waals surface area contributed by atoms with Crippen LogP contribution in [0.1, 0.15) is 26.3 Å². The third-order valence-electron chi connectivity index (χ3n) is 2.35. The maximum absolute atomic E-state index is 10.8. The van der Waals surface area contributed by atoms with Gasteiger partial charge >= 0.3 is 7.12 Å². The van der Waals surface area contributed by atoms with Crippen LogP contribution in [0.25, 0.3) is 0 Å². The van der Waals surface area contributed by atoms with E-state index < -0.39 is 12.0 Å². The SMILES string of the molecule is CC(C)(C)c1cccc([N+](=O)[O-])c1B(O)O. The van der Waals surface area contributed by atoms with E-state index >= 15 is 0 Å². The second kappa shape index (κ2) is 4.23. The molecule has 1 rings (SSSR count). The Hall–Kier alpha value is -1.40. The molecule has 0 radical (unpaired) electrons. The summed E-state index contributed by atoms with van der Waals surface area (Å²) >= 11 is 0. The molecule has 1 aromatic rings. The maximum atomic E-state index is 10.8. The first kappa shape index (κ1) is 12.7. The molecule has 0 atom stereocenters. The third-order valence-corrected chi connectivity index (χ3v) is 2.35. The second-order valence-corrected chi connectivity index (χ2v) is 4.62. The van der Waals surface area contributed by atoms with Gasteiger partial charge in [-0.25, -0.2) is 0 Å². The Labute approximate surface area is 94.0 Å². The average Bonchev–Trinajstić information content (AvgIpc) is 2.14. The van der Waals surface area contributed by atoms with E-state index in [9.17, 15) is 20.2 Å². The molecule has 5 nitrogen and oxygen atoms in total. The highest BCUT2D eigenvalue weighted by molar-refractivity contribution is 6.60. The second-order valence-electron chi connectivity index (χ2n) is 4.62. The number of hydrogen-bond acceptors (Lipinski definition) is 4. The molecule has 2 N–H and O–H groups in total. The first-order valence-corrected chi connectivity index (χ1v) is 4.89. The molecule has 0 aliphatic rings. The fraction of sp³-hybridized carbons (Fsp3) is 0.400.